The average molecular weight is 445 g/mol. The Morgan fingerprint density at radius 1 is 1.00 bits per heavy atom. The summed E-state index contributed by atoms with van der Waals surface area (Å²) in [4.78, 5) is 40.4. The highest BCUT2D eigenvalue weighted by molar-refractivity contribution is 6.03. The van der Waals surface area contributed by atoms with Crippen molar-refractivity contribution in [3.63, 3.8) is 0 Å². The molecule has 7 heteroatoms. The maximum Gasteiger partial charge on any atom is 0.235 e. The van der Waals surface area contributed by atoms with Gasteiger partial charge in [-0.1, -0.05) is 18.2 Å². The van der Waals surface area contributed by atoms with Crippen LogP contribution in [0.15, 0.2) is 57.7 Å². The fourth-order valence-corrected chi connectivity index (χ4v) is 3.86. The molecule has 0 fully saturated rings. The van der Waals surface area contributed by atoms with Gasteiger partial charge >= 0.3 is 0 Å². The van der Waals surface area contributed by atoms with Gasteiger partial charge in [0.25, 0.3) is 0 Å². The average Bonchev–Trinajstić information content (AvgIpc) is 3.09. The summed E-state index contributed by atoms with van der Waals surface area (Å²) in [6, 6.07) is 13.7. The maximum atomic E-state index is 12.9. The van der Waals surface area contributed by atoms with Crippen LogP contribution in [-0.2, 0) is 0 Å². The van der Waals surface area contributed by atoms with Gasteiger partial charge < -0.3 is 18.9 Å². The molecule has 0 unspecified atom stereocenters. The van der Waals surface area contributed by atoms with Crippen LogP contribution in [0.1, 0.15) is 44.8 Å². The van der Waals surface area contributed by atoms with Crippen molar-refractivity contribution >= 4 is 22.5 Å². The summed E-state index contributed by atoms with van der Waals surface area (Å²) in [7, 11) is 0. The molecule has 4 rings (SSSR count). The second kappa shape index (κ2) is 8.78. The number of hydrogen-bond acceptors (Lipinski definition) is 6. The van der Waals surface area contributed by atoms with Crippen molar-refractivity contribution in [1.82, 2.24) is 4.98 Å². The van der Waals surface area contributed by atoms with Crippen LogP contribution in [0.3, 0.4) is 0 Å². The van der Waals surface area contributed by atoms with Gasteiger partial charge in [0.2, 0.25) is 17.0 Å². The fraction of sp³-hybridized carbons (Fsp3) is 0.192. The highest BCUT2D eigenvalue weighted by atomic mass is 16.5. The number of nitrogens with one attached hydrogen (secondary N) is 1. The number of Topliss-reactive ketones (excluding diaryl/α,β-unsaturated/α-hetero) is 2. The van der Waals surface area contributed by atoms with E-state index in [0.29, 0.717) is 50.7 Å². The molecule has 168 valence electrons. The van der Waals surface area contributed by atoms with E-state index in [9.17, 15) is 14.4 Å². The monoisotopic (exact) mass is 445 g/mol. The van der Waals surface area contributed by atoms with E-state index in [2.05, 4.69) is 4.98 Å². The number of rotatable bonds is 7. The minimum atomic E-state index is -0.297. The second-order valence-electron chi connectivity index (χ2n) is 7.78. The summed E-state index contributed by atoms with van der Waals surface area (Å²) in [5.74, 6) is 0.982. The van der Waals surface area contributed by atoms with E-state index >= 15 is 0 Å². The largest absolute Gasteiger partial charge is 0.485 e. The summed E-state index contributed by atoms with van der Waals surface area (Å²) < 4.78 is 17.2. The molecule has 4 aromatic rings. The molecule has 0 aliphatic rings. The number of ether oxygens (including phenoxy) is 2. The zero-order chi connectivity index (χ0) is 23.7. The lowest BCUT2D eigenvalue weighted by Crippen LogP contribution is -2.13. The molecule has 0 saturated heterocycles. The van der Waals surface area contributed by atoms with Gasteiger partial charge in [0.1, 0.15) is 22.8 Å². The quantitative estimate of drug-likeness (QED) is 0.388. The van der Waals surface area contributed by atoms with Crippen LogP contribution in [0, 0.1) is 20.8 Å². The van der Waals surface area contributed by atoms with Crippen molar-refractivity contribution in [2.24, 2.45) is 0 Å². The Morgan fingerprint density at radius 3 is 2.39 bits per heavy atom. The third-order valence-corrected chi connectivity index (χ3v) is 5.39. The Balaban J connectivity index is 1.56. The lowest BCUT2D eigenvalue weighted by molar-refractivity contribution is 0.0916. The summed E-state index contributed by atoms with van der Waals surface area (Å²) in [6.45, 7) is 6.37. The highest BCUT2D eigenvalue weighted by Gasteiger charge is 2.20. The van der Waals surface area contributed by atoms with Gasteiger partial charge in [0.15, 0.2) is 12.4 Å². The van der Waals surface area contributed by atoms with E-state index in [1.165, 1.54) is 6.92 Å². The van der Waals surface area contributed by atoms with Crippen molar-refractivity contribution in [3.05, 3.63) is 87.0 Å². The first kappa shape index (κ1) is 22.1. The summed E-state index contributed by atoms with van der Waals surface area (Å²) >= 11 is 0. The van der Waals surface area contributed by atoms with E-state index in [0.717, 1.165) is 0 Å². The van der Waals surface area contributed by atoms with Gasteiger partial charge in [-0.25, -0.2) is 0 Å². The smallest absolute Gasteiger partial charge is 0.235 e. The Labute approximate surface area is 190 Å². The van der Waals surface area contributed by atoms with Crippen LogP contribution in [-0.4, -0.2) is 23.2 Å². The van der Waals surface area contributed by atoms with Crippen molar-refractivity contribution in [2.45, 2.75) is 27.7 Å². The molecule has 0 bridgehead atoms. The number of carbonyl (C=O) groups is 2. The second-order valence-corrected chi connectivity index (χ2v) is 7.78. The molecular weight excluding hydrogens is 422 g/mol. The number of carbonyl (C=O) groups excluding carboxylic acids is 2. The molecule has 2 aromatic heterocycles. The van der Waals surface area contributed by atoms with E-state index in [4.69, 9.17) is 13.9 Å². The van der Waals surface area contributed by atoms with Gasteiger partial charge in [-0.15, -0.1) is 0 Å². The Kier molecular flexibility index (Phi) is 5.87. The lowest BCUT2D eigenvalue weighted by atomic mass is 10.1. The van der Waals surface area contributed by atoms with Gasteiger partial charge in [0.05, 0.1) is 11.1 Å². The number of hydrogen-bond donors (Lipinski definition) is 1. The third kappa shape index (κ3) is 4.30. The first-order valence-corrected chi connectivity index (χ1v) is 10.4. The zero-order valence-corrected chi connectivity index (χ0v) is 18.8. The third-order valence-electron chi connectivity index (χ3n) is 5.39. The van der Waals surface area contributed by atoms with Gasteiger partial charge in [-0.2, -0.15) is 0 Å². The molecule has 0 spiro atoms. The topological polar surface area (TPSA) is 98.6 Å². The minimum absolute atomic E-state index is 0.100. The summed E-state index contributed by atoms with van der Waals surface area (Å²) in [5, 5.41) is 0.340. The molecule has 0 atom stereocenters. The van der Waals surface area contributed by atoms with Gasteiger partial charge in [-0.05, 0) is 57.5 Å². The molecule has 2 heterocycles. The van der Waals surface area contributed by atoms with E-state index in [1.54, 1.807) is 51.1 Å². The predicted octanol–water partition coefficient (Wildman–Crippen LogP) is 5.30. The van der Waals surface area contributed by atoms with Crippen molar-refractivity contribution in [3.8, 4) is 17.2 Å². The van der Waals surface area contributed by atoms with Gasteiger partial charge in [0, 0.05) is 17.3 Å². The molecule has 7 nitrogen and oxygen atoms in total. The standard InChI is InChI=1S/C26H23NO6/c1-14-23(16(3)28)15(2)27-24(14)21(29)13-31-19-10-11-20-22(12-19)32-17(4)26(25(20)30)33-18-8-6-5-7-9-18/h5-12,27H,13H2,1-4H3. The number of ketones is 2. The number of aromatic amines is 1. The Hall–Kier alpha value is -4.13. The first-order chi connectivity index (χ1) is 15.8. The van der Waals surface area contributed by atoms with Crippen molar-refractivity contribution in [2.75, 3.05) is 6.61 Å². The minimum Gasteiger partial charge on any atom is -0.485 e. The highest BCUT2D eigenvalue weighted by Crippen LogP contribution is 2.27. The lowest BCUT2D eigenvalue weighted by Gasteiger charge is -2.10. The molecule has 0 aliphatic carbocycles. The SMILES string of the molecule is CC(=O)c1c(C)[nH]c(C(=O)COc2ccc3c(=O)c(Oc4ccccc4)c(C)oc3c2)c1C. The van der Waals surface area contributed by atoms with Gasteiger partial charge in [-0.3, -0.25) is 14.4 Å². The number of para-hydroxylation sites is 1. The molecule has 0 saturated carbocycles. The Morgan fingerprint density at radius 2 is 1.73 bits per heavy atom. The first-order valence-electron chi connectivity index (χ1n) is 10.4. The Bertz CT molecular complexity index is 1430. The number of aromatic nitrogens is 1. The van der Waals surface area contributed by atoms with Crippen LogP contribution < -0.4 is 14.9 Å². The number of benzene rings is 2. The number of fused-ring (bicyclic) bond motifs is 1. The number of H-pyrrole nitrogens is 1. The summed E-state index contributed by atoms with van der Waals surface area (Å²) in [6.07, 6.45) is 0. The molecule has 0 radical (unpaired) electrons. The van der Waals surface area contributed by atoms with Crippen LogP contribution in [0.25, 0.3) is 11.0 Å². The van der Waals surface area contributed by atoms with E-state index < -0.39 is 0 Å². The molecule has 0 aliphatic heterocycles. The molecule has 33 heavy (non-hydrogen) atoms. The summed E-state index contributed by atoms with van der Waals surface area (Å²) in [5.41, 5.74) is 2.17. The van der Waals surface area contributed by atoms with E-state index in [1.807, 2.05) is 18.2 Å². The van der Waals surface area contributed by atoms with Crippen molar-refractivity contribution < 1.29 is 23.5 Å². The molecular formula is C26H23NO6. The van der Waals surface area contributed by atoms with Crippen LogP contribution in [0.5, 0.6) is 17.2 Å². The van der Waals surface area contributed by atoms with Crippen molar-refractivity contribution in [1.29, 1.82) is 0 Å². The van der Waals surface area contributed by atoms with Crippen LogP contribution in [0.2, 0.25) is 0 Å². The maximum absolute atomic E-state index is 12.9. The fourth-order valence-electron chi connectivity index (χ4n) is 3.86. The molecule has 0 amide bonds. The van der Waals surface area contributed by atoms with Crippen LogP contribution in [0.4, 0.5) is 0 Å². The van der Waals surface area contributed by atoms with E-state index in [-0.39, 0.29) is 29.4 Å². The number of aryl methyl sites for hydroxylation is 2. The van der Waals surface area contributed by atoms with Crippen LogP contribution >= 0.6 is 0 Å². The zero-order valence-electron chi connectivity index (χ0n) is 18.8. The molecule has 2 aromatic carbocycles. The normalized spacial score (nSPS) is 10.9. The molecule has 1 N–H and O–H groups in total. The predicted molar refractivity (Wildman–Crippen MR) is 124 cm³/mol.